The van der Waals surface area contributed by atoms with Crippen molar-refractivity contribution in [3.05, 3.63) is 118 Å². The van der Waals surface area contributed by atoms with E-state index in [9.17, 15) is 14.0 Å². The molecule has 0 fully saturated rings. The summed E-state index contributed by atoms with van der Waals surface area (Å²) in [7, 11) is 0. The second kappa shape index (κ2) is 9.26. The van der Waals surface area contributed by atoms with Crippen LogP contribution in [0.4, 0.5) is 10.1 Å². The number of halogens is 1. The number of hydrogen-bond acceptors (Lipinski definition) is 4. The van der Waals surface area contributed by atoms with Gasteiger partial charge in [-0.05, 0) is 48.9 Å². The molecule has 0 atom stereocenters. The molecule has 0 saturated heterocycles. The molecule has 0 aliphatic carbocycles. The number of para-hydroxylation sites is 1. The van der Waals surface area contributed by atoms with Gasteiger partial charge in [-0.25, -0.2) is 9.07 Å². The van der Waals surface area contributed by atoms with Crippen LogP contribution in [0.15, 0.2) is 89.7 Å². The largest absolute Gasteiger partial charge is 0.489 e. The maximum atomic E-state index is 14.2. The van der Waals surface area contributed by atoms with Gasteiger partial charge in [0.2, 0.25) is 5.43 Å². The van der Waals surface area contributed by atoms with Crippen LogP contribution >= 0.6 is 0 Å². The van der Waals surface area contributed by atoms with E-state index in [1.165, 1.54) is 22.9 Å². The minimum atomic E-state index is -0.682. The zero-order valence-corrected chi connectivity index (χ0v) is 17.3. The smallest absolute Gasteiger partial charge is 0.280 e. The van der Waals surface area contributed by atoms with Gasteiger partial charge in [0.1, 0.15) is 23.9 Å². The highest BCUT2D eigenvalue weighted by Crippen LogP contribution is 2.18. The summed E-state index contributed by atoms with van der Waals surface area (Å²) in [6.45, 7) is 2.05. The lowest BCUT2D eigenvalue weighted by Crippen LogP contribution is -2.27. The Bertz CT molecular complexity index is 1300. The minimum Gasteiger partial charge on any atom is -0.489 e. The Labute approximate surface area is 183 Å². The van der Waals surface area contributed by atoms with Crippen molar-refractivity contribution >= 4 is 11.6 Å². The number of aryl methyl sites for hydroxylation is 1. The number of amides is 1. The number of rotatable bonds is 6. The third-order valence-electron chi connectivity index (χ3n) is 4.76. The molecule has 0 radical (unpaired) electrons. The lowest BCUT2D eigenvalue weighted by molar-refractivity contribution is 0.101. The number of nitrogens with zero attached hydrogens (tertiary/aromatic N) is 2. The molecule has 7 heteroatoms. The molecule has 32 heavy (non-hydrogen) atoms. The summed E-state index contributed by atoms with van der Waals surface area (Å²) >= 11 is 0. The first kappa shape index (κ1) is 21.0. The third kappa shape index (κ3) is 4.73. The first-order valence-corrected chi connectivity index (χ1v) is 9.95. The van der Waals surface area contributed by atoms with Crippen molar-refractivity contribution in [3.8, 4) is 11.4 Å². The van der Waals surface area contributed by atoms with Gasteiger partial charge in [0.25, 0.3) is 5.91 Å². The molecule has 0 saturated carbocycles. The van der Waals surface area contributed by atoms with Gasteiger partial charge < -0.3 is 10.1 Å². The van der Waals surface area contributed by atoms with Gasteiger partial charge in [-0.2, -0.15) is 5.10 Å². The number of anilines is 1. The molecule has 6 nitrogen and oxygen atoms in total. The van der Waals surface area contributed by atoms with E-state index >= 15 is 0 Å². The highest BCUT2D eigenvalue weighted by molar-refractivity contribution is 6.02. The third-order valence-corrected chi connectivity index (χ3v) is 4.76. The quantitative estimate of drug-likeness (QED) is 0.489. The number of hydrogen-bond donors (Lipinski definition) is 1. The molecule has 0 spiro atoms. The first-order chi connectivity index (χ1) is 15.5. The summed E-state index contributed by atoms with van der Waals surface area (Å²) in [5.74, 6) is -0.551. The maximum absolute atomic E-state index is 14.2. The number of benzene rings is 3. The van der Waals surface area contributed by atoms with E-state index in [4.69, 9.17) is 4.74 Å². The highest BCUT2D eigenvalue weighted by atomic mass is 19.1. The second-order valence-corrected chi connectivity index (χ2v) is 7.11. The number of carbonyl (C=O) groups is 1. The summed E-state index contributed by atoms with van der Waals surface area (Å²) in [4.78, 5) is 25.1. The van der Waals surface area contributed by atoms with E-state index in [-0.39, 0.29) is 11.4 Å². The SMILES string of the molecule is Cc1cc(=O)c(C(=O)Nc2ccc(OCc3ccccc3)cc2)nn1-c1ccccc1F. The number of ether oxygens (including phenoxy) is 1. The zero-order chi connectivity index (χ0) is 22.5. The van der Waals surface area contributed by atoms with Crippen LogP contribution in [-0.4, -0.2) is 15.7 Å². The molecular weight excluding hydrogens is 409 g/mol. The normalized spacial score (nSPS) is 10.6. The average Bonchev–Trinajstić information content (AvgIpc) is 2.80. The standard InChI is InChI=1S/C25H20FN3O3/c1-17-15-23(30)24(28-29(17)22-10-6-5-9-21(22)26)25(31)27-19-11-13-20(14-12-19)32-16-18-7-3-2-4-8-18/h2-15H,16H2,1H3,(H,27,31). The monoisotopic (exact) mass is 429 g/mol. The van der Waals surface area contributed by atoms with Crippen molar-refractivity contribution < 1.29 is 13.9 Å². The summed E-state index contributed by atoms with van der Waals surface area (Å²) in [6, 6.07) is 23.8. The molecule has 1 heterocycles. The van der Waals surface area contributed by atoms with Crippen LogP contribution in [0.1, 0.15) is 21.7 Å². The summed E-state index contributed by atoms with van der Waals surface area (Å²) in [5.41, 5.74) is 1.21. The van der Waals surface area contributed by atoms with E-state index in [1.807, 2.05) is 30.3 Å². The molecule has 3 aromatic carbocycles. The lowest BCUT2D eigenvalue weighted by atomic mass is 10.2. The van der Waals surface area contributed by atoms with Gasteiger partial charge in [-0.1, -0.05) is 42.5 Å². The fraction of sp³-hybridized carbons (Fsp3) is 0.0800. The predicted octanol–water partition coefficient (Wildman–Crippen LogP) is 4.51. The summed E-state index contributed by atoms with van der Waals surface area (Å²) < 4.78 is 21.2. The van der Waals surface area contributed by atoms with E-state index in [0.29, 0.717) is 23.7 Å². The van der Waals surface area contributed by atoms with Crippen LogP contribution in [0.2, 0.25) is 0 Å². The fourth-order valence-corrected chi connectivity index (χ4v) is 3.14. The van der Waals surface area contributed by atoms with Crippen molar-refractivity contribution in [2.75, 3.05) is 5.32 Å². The zero-order valence-electron chi connectivity index (χ0n) is 17.3. The van der Waals surface area contributed by atoms with Crippen LogP contribution < -0.4 is 15.5 Å². The van der Waals surface area contributed by atoms with Gasteiger partial charge in [0, 0.05) is 17.4 Å². The van der Waals surface area contributed by atoms with E-state index in [0.717, 1.165) is 5.56 Å². The van der Waals surface area contributed by atoms with Crippen molar-refractivity contribution in [1.29, 1.82) is 0 Å². The molecule has 4 rings (SSSR count). The molecular formula is C25H20FN3O3. The van der Waals surface area contributed by atoms with E-state index in [2.05, 4.69) is 10.4 Å². The Hall–Kier alpha value is -4.26. The topological polar surface area (TPSA) is 73.2 Å². The number of nitrogens with one attached hydrogen (secondary N) is 1. The first-order valence-electron chi connectivity index (χ1n) is 9.95. The Balaban J connectivity index is 1.50. The molecule has 1 N–H and O–H groups in total. The Morgan fingerprint density at radius 2 is 1.69 bits per heavy atom. The van der Waals surface area contributed by atoms with Crippen LogP contribution in [0, 0.1) is 12.7 Å². The van der Waals surface area contributed by atoms with Gasteiger partial charge in [-0.3, -0.25) is 9.59 Å². The summed E-state index contributed by atoms with van der Waals surface area (Å²) in [5, 5.41) is 6.76. The second-order valence-electron chi connectivity index (χ2n) is 7.11. The molecule has 0 unspecified atom stereocenters. The molecule has 1 amide bonds. The van der Waals surface area contributed by atoms with Crippen molar-refractivity contribution in [3.63, 3.8) is 0 Å². The van der Waals surface area contributed by atoms with Gasteiger partial charge in [0.05, 0.1) is 0 Å². The lowest BCUT2D eigenvalue weighted by Gasteiger charge is -2.12. The van der Waals surface area contributed by atoms with Crippen LogP contribution in [0.5, 0.6) is 5.75 Å². The minimum absolute atomic E-state index is 0.152. The van der Waals surface area contributed by atoms with Crippen molar-refractivity contribution in [1.82, 2.24) is 9.78 Å². The molecule has 0 bridgehead atoms. The molecule has 160 valence electrons. The van der Waals surface area contributed by atoms with Gasteiger partial charge >= 0.3 is 0 Å². The fourth-order valence-electron chi connectivity index (χ4n) is 3.14. The maximum Gasteiger partial charge on any atom is 0.280 e. The predicted molar refractivity (Wildman–Crippen MR) is 120 cm³/mol. The van der Waals surface area contributed by atoms with Crippen LogP contribution in [0.3, 0.4) is 0 Å². The number of aromatic nitrogens is 2. The van der Waals surface area contributed by atoms with Gasteiger partial charge in [-0.15, -0.1) is 0 Å². The Morgan fingerprint density at radius 1 is 1.00 bits per heavy atom. The molecule has 1 aromatic heterocycles. The summed E-state index contributed by atoms with van der Waals surface area (Å²) in [6.07, 6.45) is 0. The molecule has 0 aliphatic heterocycles. The number of carbonyl (C=O) groups excluding carboxylic acids is 1. The van der Waals surface area contributed by atoms with Crippen molar-refractivity contribution in [2.45, 2.75) is 13.5 Å². The Morgan fingerprint density at radius 3 is 2.41 bits per heavy atom. The highest BCUT2D eigenvalue weighted by Gasteiger charge is 2.17. The van der Waals surface area contributed by atoms with E-state index in [1.54, 1.807) is 43.3 Å². The van der Waals surface area contributed by atoms with Crippen molar-refractivity contribution in [2.24, 2.45) is 0 Å². The Kier molecular flexibility index (Phi) is 6.07. The van der Waals surface area contributed by atoms with Crippen LogP contribution in [-0.2, 0) is 6.61 Å². The molecule has 0 aliphatic rings. The molecule has 4 aromatic rings. The average molecular weight is 429 g/mol. The van der Waals surface area contributed by atoms with Gasteiger partial charge in [0.15, 0.2) is 5.69 Å². The van der Waals surface area contributed by atoms with E-state index < -0.39 is 17.2 Å². The van der Waals surface area contributed by atoms with Crippen LogP contribution in [0.25, 0.3) is 5.69 Å².